The van der Waals surface area contributed by atoms with Gasteiger partial charge in [-0.1, -0.05) is 60.7 Å². The molecule has 0 amide bonds. The zero-order chi connectivity index (χ0) is 13.8. The molecule has 0 unspecified atom stereocenters. The molecule has 0 aliphatic heterocycles. The van der Waals surface area contributed by atoms with Gasteiger partial charge in [-0.25, -0.2) is 0 Å². The van der Waals surface area contributed by atoms with Crippen LogP contribution in [0.3, 0.4) is 0 Å². The van der Waals surface area contributed by atoms with Gasteiger partial charge in [-0.05, 0) is 36.0 Å². The van der Waals surface area contributed by atoms with Crippen molar-refractivity contribution in [1.82, 2.24) is 0 Å². The zero-order valence-corrected chi connectivity index (χ0v) is 11.5. The minimum atomic E-state index is 0.318. The number of hydrogen-bond donors (Lipinski definition) is 0. The molecule has 0 bridgehead atoms. The van der Waals surface area contributed by atoms with E-state index in [2.05, 4.69) is 24.3 Å². The van der Waals surface area contributed by atoms with E-state index in [1.165, 1.54) is 0 Å². The number of carbonyl (C=O) groups excluding carboxylic acids is 1. The maximum atomic E-state index is 12.3. The van der Waals surface area contributed by atoms with Crippen LogP contribution in [-0.4, -0.2) is 5.78 Å². The van der Waals surface area contributed by atoms with Crippen LogP contribution in [0.2, 0.25) is 0 Å². The summed E-state index contributed by atoms with van der Waals surface area (Å²) >= 11 is 0. The molecule has 0 heterocycles. The topological polar surface area (TPSA) is 17.1 Å². The van der Waals surface area contributed by atoms with Gasteiger partial charge in [0.15, 0.2) is 5.78 Å². The summed E-state index contributed by atoms with van der Waals surface area (Å²) in [7, 11) is 0. The molecule has 1 aliphatic carbocycles. The average molecular weight is 262 g/mol. The van der Waals surface area contributed by atoms with Gasteiger partial charge < -0.3 is 0 Å². The first-order chi connectivity index (χ1) is 9.86. The highest BCUT2D eigenvalue weighted by atomic mass is 16.1. The number of carbonyl (C=O) groups is 1. The molecule has 0 saturated heterocycles. The number of rotatable bonds is 2. The molecule has 0 spiro atoms. The lowest BCUT2D eigenvalue weighted by Gasteiger charge is -2.19. The molecule has 1 nitrogen and oxygen atoms in total. The maximum absolute atomic E-state index is 12.3. The molecule has 1 aliphatic rings. The van der Waals surface area contributed by atoms with Gasteiger partial charge >= 0.3 is 0 Å². The van der Waals surface area contributed by atoms with Gasteiger partial charge in [-0.3, -0.25) is 4.79 Å². The smallest absolute Gasteiger partial charge is 0.159 e. The highest BCUT2D eigenvalue weighted by Gasteiger charge is 2.20. The Balaban J connectivity index is 2.18. The van der Waals surface area contributed by atoms with Crippen molar-refractivity contribution in [1.29, 1.82) is 0 Å². The molecule has 1 fully saturated rings. The standard InChI is InChI=1S/C19H18O/c20-18-14-8-7-13-17(18)19(15-9-3-1-4-10-15)16-11-5-2-6-12-16/h1-6,9-12H,7-8,13-14H2. The van der Waals surface area contributed by atoms with Crippen molar-refractivity contribution in [2.45, 2.75) is 25.7 Å². The van der Waals surface area contributed by atoms with Crippen LogP contribution in [-0.2, 0) is 4.79 Å². The predicted molar refractivity (Wildman–Crippen MR) is 82.4 cm³/mol. The largest absolute Gasteiger partial charge is 0.295 e. The Morgan fingerprint density at radius 1 is 0.700 bits per heavy atom. The Morgan fingerprint density at radius 2 is 1.20 bits per heavy atom. The Labute approximate surface area is 120 Å². The third-order valence-corrected chi connectivity index (χ3v) is 3.84. The Morgan fingerprint density at radius 3 is 1.70 bits per heavy atom. The normalized spacial score (nSPS) is 15.2. The van der Waals surface area contributed by atoms with Crippen LogP contribution < -0.4 is 0 Å². The predicted octanol–water partition coefficient (Wildman–Crippen LogP) is 4.63. The van der Waals surface area contributed by atoms with Crippen LogP contribution in [0.1, 0.15) is 36.8 Å². The number of hydrogen-bond acceptors (Lipinski definition) is 1. The van der Waals surface area contributed by atoms with Crippen molar-refractivity contribution < 1.29 is 4.79 Å². The Kier molecular flexibility index (Phi) is 3.78. The molecule has 100 valence electrons. The number of benzene rings is 2. The van der Waals surface area contributed by atoms with Crippen molar-refractivity contribution in [3.63, 3.8) is 0 Å². The monoisotopic (exact) mass is 262 g/mol. The summed E-state index contributed by atoms with van der Waals surface area (Å²) in [6, 6.07) is 20.5. The molecule has 2 aromatic rings. The van der Waals surface area contributed by atoms with Gasteiger partial charge in [-0.15, -0.1) is 0 Å². The van der Waals surface area contributed by atoms with Gasteiger partial charge in [0.25, 0.3) is 0 Å². The van der Waals surface area contributed by atoms with Crippen LogP contribution in [0.4, 0.5) is 0 Å². The summed E-state index contributed by atoms with van der Waals surface area (Å²) in [5.41, 5.74) is 4.41. The fourth-order valence-electron chi connectivity index (χ4n) is 2.87. The quantitative estimate of drug-likeness (QED) is 0.721. The van der Waals surface area contributed by atoms with Crippen molar-refractivity contribution in [3.8, 4) is 0 Å². The molecular weight excluding hydrogens is 244 g/mol. The summed E-state index contributed by atoms with van der Waals surface area (Å²) in [5.74, 6) is 0.318. The lowest BCUT2D eigenvalue weighted by Crippen LogP contribution is -2.11. The minimum Gasteiger partial charge on any atom is -0.295 e. The number of allylic oxidation sites excluding steroid dienone is 1. The van der Waals surface area contributed by atoms with Gasteiger partial charge in [0.05, 0.1) is 0 Å². The molecule has 0 aromatic heterocycles. The number of Topliss-reactive ketones (excluding diaryl/α,β-unsaturated/α-hetero) is 1. The second-order valence-corrected chi connectivity index (χ2v) is 5.22. The third-order valence-electron chi connectivity index (χ3n) is 3.84. The molecule has 0 atom stereocenters. The fraction of sp³-hybridized carbons (Fsp3) is 0.211. The van der Waals surface area contributed by atoms with Crippen LogP contribution in [0.5, 0.6) is 0 Å². The highest BCUT2D eigenvalue weighted by Crippen LogP contribution is 2.33. The summed E-state index contributed by atoms with van der Waals surface area (Å²) < 4.78 is 0. The first-order valence-corrected chi connectivity index (χ1v) is 7.23. The minimum absolute atomic E-state index is 0.318. The Bertz CT molecular complexity index is 582. The van der Waals surface area contributed by atoms with Crippen molar-refractivity contribution in [2.75, 3.05) is 0 Å². The van der Waals surface area contributed by atoms with Gasteiger partial charge in [0.1, 0.15) is 0 Å². The van der Waals surface area contributed by atoms with Crippen LogP contribution in [0.25, 0.3) is 5.57 Å². The summed E-state index contributed by atoms with van der Waals surface area (Å²) in [4.78, 5) is 12.3. The molecule has 0 N–H and O–H groups in total. The molecule has 1 saturated carbocycles. The summed E-state index contributed by atoms with van der Waals surface area (Å²) in [5, 5.41) is 0. The maximum Gasteiger partial charge on any atom is 0.159 e. The van der Waals surface area contributed by atoms with Crippen LogP contribution in [0, 0.1) is 0 Å². The zero-order valence-electron chi connectivity index (χ0n) is 11.5. The second kappa shape index (κ2) is 5.87. The second-order valence-electron chi connectivity index (χ2n) is 5.22. The van der Waals surface area contributed by atoms with E-state index in [1.807, 2.05) is 36.4 Å². The fourth-order valence-corrected chi connectivity index (χ4v) is 2.87. The van der Waals surface area contributed by atoms with Crippen LogP contribution >= 0.6 is 0 Å². The SMILES string of the molecule is O=C1CCCCC1=C(c1ccccc1)c1ccccc1. The molecule has 1 heteroatoms. The summed E-state index contributed by atoms with van der Waals surface area (Å²) in [6.45, 7) is 0. The number of ketones is 1. The van der Waals surface area contributed by atoms with Crippen molar-refractivity contribution >= 4 is 11.4 Å². The lowest BCUT2D eigenvalue weighted by atomic mass is 9.84. The van der Waals surface area contributed by atoms with E-state index in [4.69, 9.17) is 0 Å². The Hall–Kier alpha value is -2.15. The van der Waals surface area contributed by atoms with Gasteiger partial charge in [0.2, 0.25) is 0 Å². The molecule has 0 radical (unpaired) electrons. The van der Waals surface area contributed by atoms with E-state index in [-0.39, 0.29) is 0 Å². The molecule has 2 aromatic carbocycles. The van der Waals surface area contributed by atoms with E-state index in [0.29, 0.717) is 12.2 Å². The molecular formula is C19H18O. The average Bonchev–Trinajstić information content (AvgIpc) is 2.52. The van der Waals surface area contributed by atoms with Gasteiger partial charge in [-0.2, -0.15) is 0 Å². The van der Waals surface area contributed by atoms with E-state index < -0.39 is 0 Å². The van der Waals surface area contributed by atoms with Crippen molar-refractivity contribution in [3.05, 3.63) is 77.4 Å². The first-order valence-electron chi connectivity index (χ1n) is 7.23. The lowest BCUT2D eigenvalue weighted by molar-refractivity contribution is -0.116. The molecule has 3 rings (SSSR count). The van der Waals surface area contributed by atoms with E-state index in [9.17, 15) is 4.79 Å². The molecule has 20 heavy (non-hydrogen) atoms. The third kappa shape index (κ3) is 2.57. The van der Waals surface area contributed by atoms with E-state index >= 15 is 0 Å². The summed E-state index contributed by atoms with van der Waals surface area (Å²) in [6.07, 6.45) is 3.74. The van der Waals surface area contributed by atoms with Crippen molar-refractivity contribution in [2.24, 2.45) is 0 Å². The highest BCUT2D eigenvalue weighted by molar-refractivity contribution is 6.06. The van der Waals surface area contributed by atoms with Crippen LogP contribution in [0.15, 0.2) is 66.2 Å². The van der Waals surface area contributed by atoms with E-state index in [1.54, 1.807) is 0 Å². The van der Waals surface area contributed by atoms with E-state index in [0.717, 1.165) is 41.5 Å². The first kappa shape index (κ1) is 12.9. The van der Waals surface area contributed by atoms with Gasteiger partial charge in [0, 0.05) is 12.0 Å².